The number of aliphatic imine (C=N–C) groups is 2. The van der Waals surface area contributed by atoms with E-state index in [-0.39, 0.29) is 0 Å². The summed E-state index contributed by atoms with van der Waals surface area (Å²) in [5.41, 5.74) is 6.05. The van der Waals surface area contributed by atoms with Crippen LogP contribution in [0.3, 0.4) is 0 Å². The minimum atomic E-state index is 0.937. The Labute approximate surface area is 190 Å². The SMILES string of the molecule is Ic1ccc(N=C2C(=Nc3ccc(I)cc3)c3cccc4cccc2c34)cc1. The lowest BCUT2D eigenvalue weighted by Crippen LogP contribution is -2.10. The van der Waals surface area contributed by atoms with E-state index in [1.807, 2.05) is 0 Å². The van der Waals surface area contributed by atoms with Crippen LogP contribution in [0, 0.1) is 7.14 Å². The van der Waals surface area contributed by atoms with E-state index in [4.69, 9.17) is 9.98 Å². The Hall–Kier alpha value is -2.06. The molecule has 0 heterocycles. The van der Waals surface area contributed by atoms with Crippen molar-refractivity contribution in [2.24, 2.45) is 9.98 Å². The Morgan fingerprint density at radius 1 is 0.500 bits per heavy atom. The molecule has 0 atom stereocenters. The van der Waals surface area contributed by atoms with Crippen molar-refractivity contribution in [2.75, 3.05) is 0 Å². The van der Waals surface area contributed by atoms with Gasteiger partial charge in [-0.3, -0.25) is 0 Å². The number of hydrogen-bond donors (Lipinski definition) is 0. The zero-order valence-corrected chi connectivity index (χ0v) is 19.0. The molecule has 1 aliphatic carbocycles. The van der Waals surface area contributed by atoms with Gasteiger partial charge < -0.3 is 0 Å². The summed E-state index contributed by atoms with van der Waals surface area (Å²) in [5, 5.41) is 2.46. The van der Waals surface area contributed by atoms with Gasteiger partial charge >= 0.3 is 0 Å². The molecule has 0 amide bonds. The highest BCUT2D eigenvalue weighted by atomic mass is 127. The van der Waals surface area contributed by atoms with Crippen molar-refractivity contribution in [2.45, 2.75) is 0 Å². The first-order valence-electron chi connectivity index (χ1n) is 8.90. The topological polar surface area (TPSA) is 24.7 Å². The predicted octanol–water partition coefficient (Wildman–Crippen LogP) is 7.30. The molecule has 2 nitrogen and oxygen atoms in total. The molecular weight excluding hydrogens is 570 g/mol. The maximum atomic E-state index is 5.02. The normalized spacial score (nSPS) is 15.6. The van der Waals surface area contributed by atoms with Crippen LogP contribution in [-0.2, 0) is 0 Å². The molecule has 0 spiro atoms. The third kappa shape index (κ3) is 3.28. The zero-order chi connectivity index (χ0) is 19.1. The minimum absolute atomic E-state index is 0.937. The van der Waals surface area contributed by atoms with E-state index >= 15 is 0 Å². The number of nitrogens with zero attached hydrogens (tertiary/aromatic N) is 2. The van der Waals surface area contributed by atoms with E-state index in [0.717, 1.165) is 33.9 Å². The first-order chi connectivity index (χ1) is 13.7. The summed E-state index contributed by atoms with van der Waals surface area (Å²) >= 11 is 4.63. The molecule has 0 radical (unpaired) electrons. The average molecular weight is 584 g/mol. The van der Waals surface area contributed by atoms with Crippen LogP contribution in [0.4, 0.5) is 11.4 Å². The number of hydrogen-bond acceptors (Lipinski definition) is 2. The van der Waals surface area contributed by atoms with E-state index < -0.39 is 0 Å². The highest BCUT2D eigenvalue weighted by Crippen LogP contribution is 2.34. The Kier molecular flexibility index (Phi) is 4.76. The van der Waals surface area contributed by atoms with Crippen molar-refractivity contribution >= 4 is 78.8 Å². The Balaban J connectivity index is 1.76. The molecule has 4 heteroatoms. The van der Waals surface area contributed by atoms with Gasteiger partial charge in [-0.2, -0.15) is 0 Å². The standard InChI is InChI=1S/C24H14I2N2/c25-16-7-11-18(12-8-16)27-23-20-5-1-3-15-4-2-6-21(22(15)20)24(23)28-19-13-9-17(26)10-14-19/h1-14H. The molecule has 0 fully saturated rings. The van der Waals surface area contributed by atoms with Gasteiger partial charge in [0.2, 0.25) is 0 Å². The quantitative estimate of drug-likeness (QED) is 0.221. The third-order valence-corrected chi connectivity index (χ3v) is 6.21. The van der Waals surface area contributed by atoms with Gasteiger partial charge in [-0.05, 0) is 99.1 Å². The monoisotopic (exact) mass is 584 g/mol. The van der Waals surface area contributed by atoms with Gasteiger partial charge in [0.1, 0.15) is 0 Å². The van der Waals surface area contributed by atoms with Crippen LogP contribution >= 0.6 is 45.2 Å². The molecule has 0 saturated heterocycles. The summed E-state index contributed by atoms with van der Waals surface area (Å²) in [4.78, 5) is 10.0. The van der Waals surface area contributed by atoms with E-state index in [9.17, 15) is 0 Å². The number of halogens is 2. The average Bonchev–Trinajstić information content (AvgIpc) is 3.01. The molecule has 1 aliphatic rings. The van der Waals surface area contributed by atoms with Crippen LogP contribution in [-0.4, -0.2) is 11.4 Å². The minimum Gasteiger partial charge on any atom is -0.246 e. The molecule has 5 rings (SSSR count). The molecular formula is C24H14I2N2. The molecule has 0 unspecified atom stereocenters. The van der Waals surface area contributed by atoms with Gasteiger partial charge in [-0.25, -0.2) is 9.98 Å². The van der Waals surface area contributed by atoms with Crippen LogP contribution < -0.4 is 0 Å². The lowest BCUT2D eigenvalue weighted by Gasteiger charge is -2.04. The molecule has 28 heavy (non-hydrogen) atoms. The van der Waals surface area contributed by atoms with E-state index in [0.29, 0.717) is 0 Å². The van der Waals surface area contributed by atoms with Gasteiger partial charge in [-0.1, -0.05) is 36.4 Å². The predicted molar refractivity (Wildman–Crippen MR) is 135 cm³/mol. The fourth-order valence-corrected chi connectivity index (χ4v) is 4.23. The summed E-state index contributed by atoms with van der Waals surface area (Å²) in [6.45, 7) is 0. The largest absolute Gasteiger partial charge is 0.246 e. The second-order valence-corrected chi connectivity index (χ2v) is 9.07. The molecule has 0 N–H and O–H groups in total. The Morgan fingerprint density at radius 3 is 1.36 bits per heavy atom. The molecule has 0 aliphatic heterocycles. The molecule has 4 aromatic carbocycles. The molecule has 134 valence electrons. The second kappa shape index (κ2) is 7.40. The smallest absolute Gasteiger partial charge is 0.0978 e. The summed E-state index contributed by atoms with van der Waals surface area (Å²) in [6.07, 6.45) is 0. The van der Waals surface area contributed by atoms with Crippen LogP contribution in [0.25, 0.3) is 10.8 Å². The maximum Gasteiger partial charge on any atom is 0.0978 e. The number of rotatable bonds is 2. The van der Waals surface area contributed by atoms with Gasteiger partial charge in [0.25, 0.3) is 0 Å². The van der Waals surface area contributed by atoms with E-state index in [1.165, 1.54) is 17.9 Å². The summed E-state index contributed by atoms with van der Waals surface area (Å²) in [6, 6.07) is 29.3. The second-order valence-electron chi connectivity index (χ2n) is 6.58. The van der Waals surface area contributed by atoms with Crippen molar-refractivity contribution in [3.63, 3.8) is 0 Å². The number of benzene rings is 4. The maximum absolute atomic E-state index is 5.02. The first-order valence-corrected chi connectivity index (χ1v) is 11.1. The van der Waals surface area contributed by atoms with E-state index in [2.05, 4.69) is 130 Å². The molecule has 0 saturated carbocycles. The molecule has 0 bridgehead atoms. The van der Waals surface area contributed by atoms with Gasteiger partial charge in [-0.15, -0.1) is 0 Å². The van der Waals surface area contributed by atoms with Crippen molar-refractivity contribution in [3.05, 3.63) is 103 Å². The summed E-state index contributed by atoms with van der Waals surface area (Å²) in [5.74, 6) is 0. The van der Waals surface area contributed by atoms with Gasteiger partial charge in [0, 0.05) is 23.7 Å². The lowest BCUT2D eigenvalue weighted by atomic mass is 10.1. The first kappa shape index (κ1) is 18.0. The van der Waals surface area contributed by atoms with Crippen molar-refractivity contribution in [1.29, 1.82) is 0 Å². The summed E-state index contributed by atoms with van der Waals surface area (Å²) in [7, 11) is 0. The highest BCUT2D eigenvalue weighted by molar-refractivity contribution is 14.1. The van der Waals surface area contributed by atoms with Crippen molar-refractivity contribution in [3.8, 4) is 0 Å². The van der Waals surface area contributed by atoms with Gasteiger partial charge in [0.15, 0.2) is 0 Å². The fourth-order valence-electron chi connectivity index (χ4n) is 3.51. The van der Waals surface area contributed by atoms with Crippen LogP contribution in [0.5, 0.6) is 0 Å². The van der Waals surface area contributed by atoms with Crippen LogP contribution in [0.1, 0.15) is 11.1 Å². The van der Waals surface area contributed by atoms with Crippen LogP contribution in [0.15, 0.2) is 94.9 Å². The highest BCUT2D eigenvalue weighted by Gasteiger charge is 2.27. The molecule has 4 aromatic rings. The molecule has 0 aromatic heterocycles. The zero-order valence-electron chi connectivity index (χ0n) is 14.7. The van der Waals surface area contributed by atoms with Crippen molar-refractivity contribution < 1.29 is 0 Å². The van der Waals surface area contributed by atoms with Crippen molar-refractivity contribution in [1.82, 2.24) is 0 Å². The van der Waals surface area contributed by atoms with Gasteiger partial charge in [0.05, 0.1) is 22.8 Å². The third-order valence-electron chi connectivity index (χ3n) is 4.77. The fraction of sp³-hybridized carbons (Fsp3) is 0. The lowest BCUT2D eigenvalue weighted by molar-refractivity contribution is 1.48. The Bertz CT molecular complexity index is 1160. The summed E-state index contributed by atoms with van der Waals surface area (Å²) < 4.78 is 2.40. The Morgan fingerprint density at radius 2 is 0.929 bits per heavy atom. The van der Waals surface area contributed by atoms with E-state index in [1.54, 1.807) is 0 Å². The van der Waals surface area contributed by atoms with Crippen LogP contribution in [0.2, 0.25) is 0 Å².